The van der Waals surface area contributed by atoms with E-state index in [1.807, 2.05) is 24.7 Å². The van der Waals surface area contributed by atoms with Gasteiger partial charge >= 0.3 is 0 Å². The zero-order valence-electron chi connectivity index (χ0n) is 11.3. The quantitative estimate of drug-likeness (QED) is 0.797. The summed E-state index contributed by atoms with van der Waals surface area (Å²) in [5.41, 5.74) is 0.535. The van der Waals surface area contributed by atoms with Gasteiger partial charge in [-0.3, -0.25) is 4.79 Å². The molecular weight excluding hydrogens is 274 g/mol. The first-order valence-corrected chi connectivity index (χ1v) is 7.13. The Bertz CT molecular complexity index is 540. The van der Waals surface area contributed by atoms with Crippen molar-refractivity contribution in [3.05, 3.63) is 53.6 Å². The molecule has 0 unspecified atom stereocenters. The molecule has 0 aliphatic rings. The molecule has 2 rings (SSSR count). The number of nitrogens with one attached hydrogen (secondary N) is 1. The molecule has 0 aliphatic carbocycles. The van der Waals surface area contributed by atoms with Crippen LogP contribution >= 0.6 is 11.6 Å². The minimum absolute atomic E-state index is 0.106. The summed E-state index contributed by atoms with van der Waals surface area (Å²) >= 11 is 5.97. The Morgan fingerprint density at radius 3 is 2.85 bits per heavy atom. The van der Waals surface area contributed by atoms with Crippen LogP contribution in [0.4, 0.5) is 0 Å². The van der Waals surface area contributed by atoms with Crippen molar-refractivity contribution in [2.75, 3.05) is 6.54 Å². The van der Waals surface area contributed by atoms with E-state index in [0.717, 1.165) is 25.8 Å². The van der Waals surface area contributed by atoms with Crippen molar-refractivity contribution in [3.8, 4) is 0 Å². The average Bonchev–Trinajstić information content (AvgIpc) is 2.96. The van der Waals surface area contributed by atoms with Crippen LogP contribution in [0.2, 0.25) is 5.02 Å². The van der Waals surface area contributed by atoms with Crippen LogP contribution in [0.5, 0.6) is 0 Å². The number of hydrogen-bond acceptors (Lipinski definition) is 2. The second-order valence-electron chi connectivity index (χ2n) is 4.60. The highest BCUT2D eigenvalue weighted by Gasteiger charge is 2.07. The lowest BCUT2D eigenvalue weighted by Crippen LogP contribution is -2.24. The van der Waals surface area contributed by atoms with Crippen molar-refractivity contribution in [1.29, 1.82) is 0 Å². The molecule has 0 radical (unpaired) electrons. The Balaban J connectivity index is 1.61. The zero-order valence-corrected chi connectivity index (χ0v) is 12.0. The molecule has 1 amide bonds. The fraction of sp³-hybridized carbons (Fsp3) is 0.333. The Kier molecular flexibility index (Phi) is 5.62. The van der Waals surface area contributed by atoms with Gasteiger partial charge < -0.3 is 9.88 Å². The smallest absolute Gasteiger partial charge is 0.252 e. The third kappa shape index (κ3) is 4.38. The lowest BCUT2D eigenvalue weighted by atomic mass is 10.2. The molecule has 4 nitrogen and oxygen atoms in total. The average molecular weight is 292 g/mol. The molecule has 1 heterocycles. The van der Waals surface area contributed by atoms with Crippen molar-refractivity contribution in [3.63, 3.8) is 0 Å². The first kappa shape index (κ1) is 14.6. The highest BCUT2D eigenvalue weighted by molar-refractivity contribution is 6.33. The van der Waals surface area contributed by atoms with Crippen LogP contribution in [0.3, 0.4) is 0 Å². The largest absolute Gasteiger partial charge is 0.352 e. The van der Waals surface area contributed by atoms with Crippen molar-refractivity contribution >= 4 is 17.5 Å². The Morgan fingerprint density at radius 1 is 1.25 bits per heavy atom. The molecule has 1 N–H and O–H groups in total. The Hall–Kier alpha value is -1.81. The van der Waals surface area contributed by atoms with E-state index in [0.29, 0.717) is 17.1 Å². The number of benzene rings is 1. The van der Waals surface area contributed by atoms with Crippen molar-refractivity contribution < 1.29 is 4.79 Å². The van der Waals surface area contributed by atoms with E-state index < -0.39 is 0 Å². The van der Waals surface area contributed by atoms with Gasteiger partial charge in [-0.05, 0) is 31.4 Å². The summed E-state index contributed by atoms with van der Waals surface area (Å²) in [5.74, 6) is -0.106. The predicted octanol–water partition coefficient (Wildman–Crippen LogP) is 3.14. The fourth-order valence-corrected chi connectivity index (χ4v) is 2.18. The van der Waals surface area contributed by atoms with Crippen LogP contribution in [0.15, 0.2) is 43.0 Å². The number of carbonyl (C=O) groups is 1. The number of hydrogen-bond donors (Lipinski definition) is 1. The number of nitrogens with zero attached hydrogens (tertiary/aromatic N) is 2. The Morgan fingerprint density at radius 2 is 2.10 bits per heavy atom. The highest BCUT2D eigenvalue weighted by atomic mass is 35.5. The number of aromatic nitrogens is 2. The number of aryl methyl sites for hydroxylation is 1. The molecule has 5 heteroatoms. The number of rotatable bonds is 7. The summed E-state index contributed by atoms with van der Waals surface area (Å²) < 4.78 is 2.06. The molecule has 0 bridgehead atoms. The van der Waals surface area contributed by atoms with Gasteiger partial charge in [0.1, 0.15) is 0 Å². The second-order valence-corrected chi connectivity index (χ2v) is 5.00. The molecule has 0 saturated carbocycles. The molecule has 0 atom stereocenters. The van der Waals surface area contributed by atoms with Crippen molar-refractivity contribution in [1.82, 2.24) is 14.9 Å². The molecule has 1 aromatic heterocycles. The maximum Gasteiger partial charge on any atom is 0.252 e. The fourth-order valence-electron chi connectivity index (χ4n) is 1.96. The summed E-state index contributed by atoms with van der Waals surface area (Å²) in [4.78, 5) is 15.9. The summed E-state index contributed by atoms with van der Waals surface area (Å²) in [7, 11) is 0. The Labute approximate surface area is 123 Å². The highest BCUT2D eigenvalue weighted by Crippen LogP contribution is 2.14. The summed E-state index contributed by atoms with van der Waals surface area (Å²) in [6, 6.07) is 7.08. The molecular formula is C15H18ClN3O. The van der Waals surface area contributed by atoms with Crippen LogP contribution in [0.1, 0.15) is 29.6 Å². The van der Waals surface area contributed by atoms with Crippen LogP contribution in [0, 0.1) is 0 Å². The van der Waals surface area contributed by atoms with Gasteiger partial charge in [0.15, 0.2) is 0 Å². The molecule has 0 fully saturated rings. The second kappa shape index (κ2) is 7.70. The molecule has 0 aliphatic heterocycles. The summed E-state index contributed by atoms with van der Waals surface area (Å²) in [6.45, 7) is 1.65. The van der Waals surface area contributed by atoms with Gasteiger partial charge in [-0.1, -0.05) is 23.7 Å². The monoisotopic (exact) mass is 291 g/mol. The van der Waals surface area contributed by atoms with Crippen molar-refractivity contribution in [2.45, 2.75) is 25.8 Å². The van der Waals surface area contributed by atoms with E-state index in [4.69, 9.17) is 11.6 Å². The van der Waals surface area contributed by atoms with Crippen LogP contribution in [0.25, 0.3) is 0 Å². The van der Waals surface area contributed by atoms with Gasteiger partial charge in [-0.15, -0.1) is 0 Å². The number of carbonyl (C=O) groups excluding carboxylic acids is 1. The normalized spacial score (nSPS) is 10.4. The maximum atomic E-state index is 11.9. The standard InChI is InChI=1S/C15H18ClN3O/c16-14-7-3-2-6-13(14)15(20)18-8-4-1-5-10-19-11-9-17-12-19/h2-3,6-7,9,11-12H,1,4-5,8,10H2,(H,18,20). The number of unbranched alkanes of at least 4 members (excludes halogenated alkanes) is 2. The maximum absolute atomic E-state index is 11.9. The van der Waals surface area contributed by atoms with Gasteiger partial charge in [-0.25, -0.2) is 4.98 Å². The van der Waals surface area contributed by atoms with Gasteiger partial charge in [0.05, 0.1) is 16.9 Å². The zero-order chi connectivity index (χ0) is 14.2. The summed E-state index contributed by atoms with van der Waals surface area (Å²) in [6.07, 6.45) is 8.67. The van der Waals surface area contributed by atoms with Crippen LogP contribution in [-0.4, -0.2) is 22.0 Å². The van der Waals surface area contributed by atoms with Crippen LogP contribution < -0.4 is 5.32 Å². The lowest BCUT2D eigenvalue weighted by molar-refractivity contribution is 0.0953. The molecule has 0 spiro atoms. The van der Waals surface area contributed by atoms with E-state index in [1.54, 1.807) is 18.3 Å². The van der Waals surface area contributed by atoms with E-state index in [-0.39, 0.29) is 5.91 Å². The molecule has 0 saturated heterocycles. The van der Waals surface area contributed by atoms with Gasteiger partial charge in [0.2, 0.25) is 0 Å². The minimum Gasteiger partial charge on any atom is -0.352 e. The van der Waals surface area contributed by atoms with E-state index >= 15 is 0 Å². The third-order valence-electron chi connectivity index (χ3n) is 3.06. The topological polar surface area (TPSA) is 46.9 Å². The minimum atomic E-state index is -0.106. The van der Waals surface area contributed by atoms with E-state index in [9.17, 15) is 4.79 Å². The molecule has 106 valence electrons. The molecule has 2 aromatic rings. The van der Waals surface area contributed by atoms with Gasteiger partial charge in [0.25, 0.3) is 5.91 Å². The first-order valence-electron chi connectivity index (χ1n) is 6.76. The molecule has 20 heavy (non-hydrogen) atoms. The van der Waals surface area contributed by atoms with Gasteiger partial charge in [0, 0.05) is 25.5 Å². The van der Waals surface area contributed by atoms with E-state index in [1.165, 1.54) is 0 Å². The van der Waals surface area contributed by atoms with Crippen LogP contribution in [-0.2, 0) is 6.54 Å². The number of amides is 1. The SMILES string of the molecule is O=C(NCCCCCn1ccnc1)c1ccccc1Cl. The van der Waals surface area contributed by atoms with Crippen molar-refractivity contribution in [2.24, 2.45) is 0 Å². The molecule has 1 aromatic carbocycles. The number of imidazole rings is 1. The number of halogens is 1. The first-order chi connectivity index (χ1) is 9.77. The van der Waals surface area contributed by atoms with Gasteiger partial charge in [-0.2, -0.15) is 0 Å². The van der Waals surface area contributed by atoms with E-state index in [2.05, 4.69) is 14.9 Å². The third-order valence-corrected chi connectivity index (χ3v) is 3.39. The predicted molar refractivity (Wildman–Crippen MR) is 79.9 cm³/mol. The summed E-state index contributed by atoms with van der Waals surface area (Å²) in [5, 5.41) is 3.38. The lowest BCUT2D eigenvalue weighted by Gasteiger charge is -2.06.